The standard InChI is InChI=1S/C16H14N6O4S/c1-20-11-10(13(23)21(2)16(20)25)22-14(24)12(27-15(22)17-11)19-18-8-4-6-9(26-3)7-5-8/h4-7,24H,1-3H3. The van der Waals surface area contributed by atoms with Crippen LogP contribution in [-0.4, -0.2) is 30.7 Å². The summed E-state index contributed by atoms with van der Waals surface area (Å²) in [4.78, 5) is 29.2. The fourth-order valence-electron chi connectivity index (χ4n) is 2.69. The van der Waals surface area contributed by atoms with Crippen molar-refractivity contribution in [3.05, 3.63) is 45.1 Å². The first kappa shape index (κ1) is 17.0. The van der Waals surface area contributed by atoms with E-state index in [9.17, 15) is 14.7 Å². The van der Waals surface area contributed by atoms with Gasteiger partial charge in [0.2, 0.25) is 15.8 Å². The molecule has 4 aromatic rings. The van der Waals surface area contributed by atoms with Gasteiger partial charge in [0, 0.05) is 14.1 Å². The fraction of sp³-hybridized carbons (Fsp3) is 0.188. The van der Waals surface area contributed by atoms with Crippen LogP contribution >= 0.6 is 11.3 Å². The van der Waals surface area contributed by atoms with Gasteiger partial charge in [-0.2, -0.15) is 4.98 Å². The van der Waals surface area contributed by atoms with Gasteiger partial charge in [0.05, 0.1) is 12.8 Å². The summed E-state index contributed by atoms with van der Waals surface area (Å²) in [5.41, 5.74) is -0.161. The van der Waals surface area contributed by atoms with Gasteiger partial charge in [0.15, 0.2) is 11.2 Å². The van der Waals surface area contributed by atoms with Crippen LogP contribution in [0, 0.1) is 0 Å². The van der Waals surface area contributed by atoms with Crippen LogP contribution < -0.4 is 16.0 Å². The molecule has 1 aromatic carbocycles. The van der Waals surface area contributed by atoms with E-state index in [0.717, 1.165) is 15.9 Å². The number of thiazole rings is 1. The number of imidazole rings is 1. The highest BCUT2D eigenvalue weighted by Crippen LogP contribution is 2.39. The Morgan fingerprint density at radius 3 is 2.48 bits per heavy atom. The molecule has 11 heteroatoms. The zero-order chi connectivity index (χ0) is 19.3. The van der Waals surface area contributed by atoms with Crippen molar-refractivity contribution >= 4 is 38.2 Å². The highest BCUT2D eigenvalue weighted by molar-refractivity contribution is 7.21. The molecule has 0 saturated carbocycles. The Hall–Kier alpha value is -3.47. The van der Waals surface area contributed by atoms with E-state index in [4.69, 9.17) is 4.74 Å². The molecular formula is C16H14N6O4S. The van der Waals surface area contributed by atoms with E-state index >= 15 is 0 Å². The minimum atomic E-state index is -0.549. The van der Waals surface area contributed by atoms with E-state index in [1.807, 2.05) is 0 Å². The maximum Gasteiger partial charge on any atom is 0.332 e. The Balaban J connectivity index is 1.86. The third kappa shape index (κ3) is 2.51. The van der Waals surface area contributed by atoms with E-state index in [1.165, 1.54) is 23.1 Å². The second-order valence-electron chi connectivity index (χ2n) is 5.74. The van der Waals surface area contributed by atoms with Crippen molar-refractivity contribution in [3.8, 4) is 11.6 Å². The quantitative estimate of drug-likeness (QED) is 0.541. The van der Waals surface area contributed by atoms with Gasteiger partial charge in [-0.15, -0.1) is 10.2 Å². The van der Waals surface area contributed by atoms with E-state index in [-0.39, 0.29) is 22.0 Å². The van der Waals surface area contributed by atoms with Crippen LogP contribution in [0.5, 0.6) is 11.6 Å². The van der Waals surface area contributed by atoms with Crippen molar-refractivity contribution in [2.75, 3.05) is 7.11 Å². The summed E-state index contributed by atoms with van der Waals surface area (Å²) in [5, 5.41) is 18.9. The van der Waals surface area contributed by atoms with Crippen LogP contribution in [0.2, 0.25) is 0 Å². The number of aromatic nitrogens is 4. The molecule has 1 N–H and O–H groups in total. The molecular weight excluding hydrogens is 372 g/mol. The van der Waals surface area contributed by atoms with Crippen LogP contribution in [0.1, 0.15) is 0 Å². The van der Waals surface area contributed by atoms with Crippen LogP contribution in [0.4, 0.5) is 10.7 Å². The summed E-state index contributed by atoms with van der Waals surface area (Å²) < 4.78 is 8.59. The van der Waals surface area contributed by atoms with Crippen LogP contribution in [0.15, 0.2) is 44.1 Å². The molecule has 0 radical (unpaired) electrons. The lowest BCUT2D eigenvalue weighted by atomic mass is 10.3. The first-order chi connectivity index (χ1) is 12.9. The van der Waals surface area contributed by atoms with Crippen molar-refractivity contribution in [2.24, 2.45) is 24.3 Å². The van der Waals surface area contributed by atoms with Crippen molar-refractivity contribution < 1.29 is 9.84 Å². The Bertz CT molecular complexity index is 1330. The average molecular weight is 386 g/mol. The van der Waals surface area contributed by atoms with Gasteiger partial charge in [-0.3, -0.25) is 13.9 Å². The van der Waals surface area contributed by atoms with Crippen molar-refractivity contribution in [3.63, 3.8) is 0 Å². The van der Waals surface area contributed by atoms with Crippen LogP contribution in [-0.2, 0) is 14.1 Å². The summed E-state index contributed by atoms with van der Waals surface area (Å²) in [6.07, 6.45) is 0. The number of aromatic hydroxyl groups is 1. The minimum absolute atomic E-state index is 0.106. The van der Waals surface area contributed by atoms with Gasteiger partial charge in [-0.25, -0.2) is 9.20 Å². The SMILES string of the molecule is COc1ccc(N=Nc2sc3nc4c(c(=O)n(C)c(=O)n4C)n3c2O)cc1. The lowest BCUT2D eigenvalue weighted by Gasteiger charge is -2.02. The number of hydrogen-bond donors (Lipinski definition) is 1. The Morgan fingerprint density at radius 2 is 1.81 bits per heavy atom. The van der Waals surface area contributed by atoms with Gasteiger partial charge >= 0.3 is 5.69 Å². The van der Waals surface area contributed by atoms with Gasteiger partial charge < -0.3 is 9.84 Å². The van der Waals surface area contributed by atoms with E-state index in [2.05, 4.69) is 15.2 Å². The molecule has 0 aliphatic heterocycles. The summed E-state index contributed by atoms with van der Waals surface area (Å²) in [6, 6.07) is 6.93. The number of azo groups is 1. The van der Waals surface area contributed by atoms with Gasteiger partial charge in [-0.1, -0.05) is 11.3 Å². The smallest absolute Gasteiger partial charge is 0.332 e. The number of nitrogens with zero attached hydrogens (tertiary/aromatic N) is 6. The summed E-state index contributed by atoms with van der Waals surface area (Å²) in [5.74, 6) is 0.435. The Kier molecular flexibility index (Phi) is 3.81. The molecule has 10 nitrogen and oxygen atoms in total. The number of aryl methyl sites for hydroxylation is 1. The number of hydrogen-bond acceptors (Lipinski definition) is 8. The summed E-state index contributed by atoms with van der Waals surface area (Å²) in [6.45, 7) is 0. The third-order valence-electron chi connectivity index (χ3n) is 4.15. The second kappa shape index (κ2) is 6.06. The monoisotopic (exact) mass is 386 g/mol. The molecule has 3 heterocycles. The molecule has 0 amide bonds. The molecule has 0 aliphatic carbocycles. The summed E-state index contributed by atoms with van der Waals surface area (Å²) >= 11 is 1.06. The van der Waals surface area contributed by atoms with Crippen molar-refractivity contribution in [1.82, 2.24) is 18.5 Å². The van der Waals surface area contributed by atoms with Crippen LogP contribution in [0.3, 0.4) is 0 Å². The number of methoxy groups -OCH3 is 1. The molecule has 0 unspecified atom stereocenters. The van der Waals surface area contributed by atoms with Gasteiger partial charge in [0.25, 0.3) is 5.56 Å². The first-order valence-corrected chi connectivity index (χ1v) is 8.59. The second-order valence-corrected chi connectivity index (χ2v) is 6.69. The van der Waals surface area contributed by atoms with Gasteiger partial charge in [0.1, 0.15) is 5.75 Å². The highest BCUT2D eigenvalue weighted by Gasteiger charge is 2.21. The molecule has 0 spiro atoms. The number of fused-ring (bicyclic) bond motifs is 3. The van der Waals surface area contributed by atoms with E-state index in [0.29, 0.717) is 16.4 Å². The largest absolute Gasteiger partial charge is 0.497 e. The topological polar surface area (TPSA) is 115 Å². The highest BCUT2D eigenvalue weighted by atomic mass is 32.1. The average Bonchev–Trinajstić information content (AvgIpc) is 3.20. The van der Waals surface area contributed by atoms with E-state index in [1.54, 1.807) is 31.4 Å². The number of rotatable bonds is 3. The Labute approximate surface area is 155 Å². The molecule has 138 valence electrons. The Morgan fingerprint density at radius 1 is 1.11 bits per heavy atom. The lowest BCUT2D eigenvalue weighted by Crippen LogP contribution is -2.37. The van der Waals surface area contributed by atoms with Gasteiger partial charge in [-0.05, 0) is 24.3 Å². The maximum absolute atomic E-state index is 12.5. The third-order valence-corrected chi connectivity index (χ3v) is 5.06. The zero-order valence-corrected chi connectivity index (χ0v) is 15.4. The molecule has 4 rings (SSSR count). The number of benzene rings is 1. The molecule has 27 heavy (non-hydrogen) atoms. The van der Waals surface area contributed by atoms with E-state index < -0.39 is 11.2 Å². The van der Waals surface area contributed by atoms with Crippen molar-refractivity contribution in [1.29, 1.82) is 0 Å². The molecule has 3 aromatic heterocycles. The zero-order valence-electron chi connectivity index (χ0n) is 14.6. The van der Waals surface area contributed by atoms with Crippen LogP contribution in [0.25, 0.3) is 16.1 Å². The molecule has 0 aliphatic rings. The normalized spacial score (nSPS) is 11.8. The minimum Gasteiger partial charge on any atom is -0.497 e. The maximum atomic E-state index is 12.5. The first-order valence-electron chi connectivity index (χ1n) is 7.78. The molecule has 0 bridgehead atoms. The van der Waals surface area contributed by atoms with Crippen molar-refractivity contribution in [2.45, 2.75) is 0 Å². The lowest BCUT2D eigenvalue weighted by molar-refractivity contribution is 0.415. The predicted molar refractivity (Wildman–Crippen MR) is 99.9 cm³/mol. The molecule has 0 saturated heterocycles. The fourth-order valence-corrected chi connectivity index (χ4v) is 3.52. The summed E-state index contributed by atoms with van der Waals surface area (Å²) in [7, 11) is 4.46. The predicted octanol–water partition coefficient (Wildman–Crippen LogP) is 2.08. The number of ether oxygens (including phenoxy) is 1. The molecule has 0 fully saturated rings. The molecule has 0 atom stereocenters.